The molecule has 0 N–H and O–H groups in total. The predicted octanol–water partition coefficient (Wildman–Crippen LogP) is 1.44. The largest absolute Gasteiger partial charge is 0.348 e. The molecule has 2 rings (SSSR count). The third-order valence-electron chi connectivity index (χ3n) is 3.22. The van der Waals surface area contributed by atoms with E-state index in [4.69, 9.17) is 9.47 Å². The molecule has 5 heteroatoms. The number of ether oxygens (including phenoxy) is 2. The zero-order valence-electron chi connectivity index (χ0n) is 8.98. The average molecular weight is 215 g/mol. The average Bonchev–Trinajstić information content (AvgIpc) is 2.49. The Bertz CT molecular complexity index is 250. The van der Waals surface area contributed by atoms with E-state index < -0.39 is 5.79 Å². The molecule has 1 heterocycles. The second kappa shape index (κ2) is 4.06. The van der Waals surface area contributed by atoms with Crippen LogP contribution in [0.2, 0.25) is 0 Å². The van der Waals surface area contributed by atoms with E-state index in [1.165, 1.54) is 0 Å². The van der Waals surface area contributed by atoms with Gasteiger partial charge in [0, 0.05) is 23.7 Å². The van der Waals surface area contributed by atoms with E-state index in [0.29, 0.717) is 25.6 Å². The van der Waals surface area contributed by atoms with Crippen LogP contribution in [0.3, 0.4) is 0 Å². The second-order valence-electron chi connectivity index (χ2n) is 4.74. The van der Waals surface area contributed by atoms with Crippen LogP contribution >= 0.6 is 0 Å². The maximum absolute atomic E-state index is 10.5. The van der Waals surface area contributed by atoms with Crippen LogP contribution in [0.15, 0.2) is 0 Å². The molecule has 0 bridgehead atoms. The van der Waals surface area contributed by atoms with Gasteiger partial charge in [0.05, 0.1) is 13.2 Å². The van der Waals surface area contributed by atoms with Crippen LogP contribution in [0, 0.1) is 22.0 Å². The Balaban J connectivity index is 2.00. The Morgan fingerprint density at radius 2 is 2.07 bits per heavy atom. The lowest BCUT2D eigenvalue weighted by Gasteiger charge is -2.38. The van der Waals surface area contributed by atoms with Crippen molar-refractivity contribution in [2.75, 3.05) is 19.8 Å². The summed E-state index contributed by atoms with van der Waals surface area (Å²) in [6.45, 7) is 3.40. The van der Waals surface area contributed by atoms with Crippen molar-refractivity contribution in [1.29, 1.82) is 0 Å². The highest BCUT2D eigenvalue weighted by Gasteiger charge is 2.45. The van der Waals surface area contributed by atoms with Crippen molar-refractivity contribution in [3.05, 3.63) is 10.1 Å². The molecule has 0 aromatic heterocycles. The summed E-state index contributed by atoms with van der Waals surface area (Å²) in [5, 5.41) is 10.5. The minimum atomic E-state index is -0.502. The van der Waals surface area contributed by atoms with Crippen molar-refractivity contribution in [3.8, 4) is 0 Å². The molecule has 0 amide bonds. The zero-order valence-corrected chi connectivity index (χ0v) is 8.98. The van der Waals surface area contributed by atoms with Crippen LogP contribution in [-0.2, 0) is 9.47 Å². The topological polar surface area (TPSA) is 61.6 Å². The first-order chi connectivity index (χ1) is 7.10. The van der Waals surface area contributed by atoms with Gasteiger partial charge in [-0.05, 0) is 12.3 Å². The molecule has 2 fully saturated rings. The molecule has 1 aliphatic heterocycles. The summed E-state index contributed by atoms with van der Waals surface area (Å²) in [6, 6.07) is 0. The summed E-state index contributed by atoms with van der Waals surface area (Å²) in [7, 11) is 0. The van der Waals surface area contributed by atoms with Gasteiger partial charge in [-0.15, -0.1) is 0 Å². The van der Waals surface area contributed by atoms with Crippen LogP contribution in [0.1, 0.15) is 26.2 Å². The van der Waals surface area contributed by atoms with Crippen molar-refractivity contribution >= 4 is 0 Å². The highest BCUT2D eigenvalue weighted by atomic mass is 16.7. The third kappa shape index (κ3) is 2.46. The standard InChI is InChI=1S/C10H17NO4/c1-8-4-9(7-11(12)13)6-10(5-8)14-2-3-15-10/h8-9H,2-7H2,1H3/t8-,9-/m0/s1. The monoisotopic (exact) mass is 215 g/mol. The van der Waals surface area contributed by atoms with Crippen molar-refractivity contribution in [1.82, 2.24) is 0 Å². The Kier molecular flexibility index (Phi) is 2.93. The molecule has 2 atom stereocenters. The van der Waals surface area contributed by atoms with E-state index in [1.807, 2.05) is 0 Å². The van der Waals surface area contributed by atoms with Gasteiger partial charge >= 0.3 is 0 Å². The zero-order chi connectivity index (χ0) is 10.9. The van der Waals surface area contributed by atoms with Gasteiger partial charge in [-0.25, -0.2) is 0 Å². The molecule has 0 aromatic carbocycles. The van der Waals surface area contributed by atoms with Crippen molar-refractivity contribution in [2.24, 2.45) is 11.8 Å². The van der Waals surface area contributed by atoms with Crippen LogP contribution in [0.5, 0.6) is 0 Å². The first-order valence-electron chi connectivity index (χ1n) is 5.49. The number of rotatable bonds is 2. The summed E-state index contributed by atoms with van der Waals surface area (Å²) in [5.74, 6) is 0.0434. The second-order valence-corrected chi connectivity index (χ2v) is 4.74. The first-order valence-corrected chi connectivity index (χ1v) is 5.49. The Morgan fingerprint density at radius 1 is 1.40 bits per heavy atom. The number of hydrogen-bond acceptors (Lipinski definition) is 4. The van der Waals surface area contributed by atoms with Gasteiger partial charge in [-0.1, -0.05) is 6.92 Å². The van der Waals surface area contributed by atoms with Gasteiger partial charge in [0.25, 0.3) is 0 Å². The number of nitrogens with zero attached hydrogens (tertiary/aromatic N) is 1. The van der Waals surface area contributed by atoms with E-state index in [0.717, 1.165) is 12.8 Å². The molecule has 2 aliphatic rings. The summed E-state index contributed by atoms with van der Waals surface area (Å²) in [4.78, 5) is 10.3. The Labute approximate surface area is 88.9 Å². The SMILES string of the molecule is C[C@H]1C[C@H](C[N+](=O)[O-])CC2(C1)OCCO2. The van der Waals surface area contributed by atoms with Crippen LogP contribution < -0.4 is 0 Å². The lowest BCUT2D eigenvalue weighted by molar-refractivity contribution is -0.491. The third-order valence-corrected chi connectivity index (χ3v) is 3.22. The fourth-order valence-electron chi connectivity index (χ4n) is 2.87. The van der Waals surface area contributed by atoms with Gasteiger partial charge in [0.1, 0.15) is 0 Å². The minimum absolute atomic E-state index is 0.0405. The normalized spacial score (nSPS) is 34.5. The van der Waals surface area contributed by atoms with Crippen molar-refractivity contribution < 1.29 is 14.4 Å². The fourth-order valence-corrected chi connectivity index (χ4v) is 2.87. The van der Waals surface area contributed by atoms with Gasteiger partial charge in [-0.3, -0.25) is 10.1 Å². The van der Waals surface area contributed by atoms with E-state index in [2.05, 4.69) is 6.92 Å². The van der Waals surface area contributed by atoms with E-state index in [1.54, 1.807) is 0 Å². The quantitative estimate of drug-likeness (QED) is 0.516. The van der Waals surface area contributed by atoms with E-state index >= 15 is 0 Å². The van der Waals surface area contributed by atoms with Crippen molar-refractivity contribution in [3.63, 3.8) is 0 Å². The summed E-state index contributed by atoms with van der Waals surface area (Å²) >= 11 is 0. The van der Waals surface area contributed by atoms with Crippen molar-refractivity contribution in [2.45, 2.75) is 32.0 Å². The summed E-state index contributed by atoms with van der Waals surface area (Å²) in [5.41, 5.74) is 0. The highest BCUT2D eigenvalue weighted by molar-refractivity contribution is 4.86. The maximum atomic E-state index is 10.5. The summed E-state index contributed by atoms with van der Waals surface area (Å²) in [6.07, 6.45) is 2.47. The molecule has 0 unspecified atom stereocenters. The molecule has 5 nitrogen and oxygen atoms in total. The minimum Gasteiger partial charge on any atom is -0.348 e. The lowest BCUT2D eigenvalue weighted by Crippen LogP contribution is -2.41. The van der Waals surface area contributed by atoms with Crippen LogP contribution in [0.25, 0.3) is 0 Å². The van der Waals surface area contributed by atoms with Crippen LogP contribution in [0.4, 0.5) is 0 Å². The molecule has 1 aliphatic carbocycles. The Hall–Kier alpha value is -0.680. The molecule has 15 heavy (non-hydrogen) atoms. The predicted molar refractivity (Wildman–Crippen MR) is 53.0 cm³/mol. The molecule has 0 aromatic rings. The molecule has 1 spiro atoms. The van der Waals surface area contributed by atoms with Gasteiger partial charge in [-0.2, -0.15) is 0 Å². The molecular weight excluding hydrogens is 198 g/mol. The molecular formula is C10H17NO4. The maximum Gasteiger partial charge on any atom is 0.206 e. The molecule has 0 radical (unpaired) electrons. The smallest absolute Gasteiger partial charge is 0.206 e. The molecule has 86 valence electrons. The number of hydrogen-bond donors (Lipinski definition) is 0. The lowest BCUT2D eigenvalue weighted by atomic mass is 9.78. The van der Waals surface area contributed by atoms with E-state index in [-0.39, 0.29) is 17.4 Å². The summed E-state index contributed by atoms with van der Waals surface area (Å²) < 4.78 is 11.2. The van der Waals surface area contributed by atoms with E-state index in [9.17, 15) is 10.1 Å². The van der Waals surface area contributed by atoms with Crippen LogP contribution in [-0.4, -0.2) is 30.5 Å². The number of nitro groups is 1. The first kappa shape index (κ1) is 10.8. The van der Waals surface area contributed by atoms with Gasteiger partial charge in [0.15, 0.2) is 5.79 Å². The van der Waals surface area contributed by atoms with Gasteiger partial charge in [0.2, 0.25) is 6.54 Å². The van der Waals surface area contributed by atoms with Gasteiger partial charge < -0.3 is 9.47 Å². The highest BCUT2D eigenvalue weighted by Crippen LogP contribution is 2.41. The molecule has 1 saturated carbocycles. The Morgan fingerprint density at radius 3 is 2.67 bits per heavy atom. The fraction of sp³-hybridized carbons (Fsp3) is 1.00. The molecule has 1 saturated heterocycles.